The summed E-state index contributed by atoms with van der Waals surface area (Å²) in [5.41, 5.74) is 1.09. The summed E-state index contributed by atoms with van der Waals surface area (Å²) in [7, 11) is 1.36. The Kier molecular flexibility index (Phi) is 11.0. The molecule has 1 aromatic rings. The molecule has 1 aromatic carbocycles. The van der Waals surface area contributed by atoms with Gasteiger partial charge in [-0.1, -0.05) is 27.7 Å². The highest BCUT2D eigenvalue weighted by Crippen LogP contribution is 2.28. The first-order valence-electron chi connectivity index (χ1n) is 6.16. The fourth-order valence-electron chi connectivity index (χ4n) is 1.22. The molecule has 0 heterocycles. The van der Waals surface area contributed by atoms with E-state index >= 15 is 0 Å². The van der Waals surface area contributed by atoms with E-state index in [9.17, 15) is 9.18 Å². The van der Waals surface area contributed by atoms with Gasteiger partial charge in [-0.15, -0.1) is 0 Å². The van der Waals surface area contributed by atoms with E-state index in [1.807, 2.05) is 27.7 Å². The molecule has 1 rings (SSSR count). The molecule has 4 heteroatoms. The van der Waals surface area contributed by atoms with Gasteiger partial charge in [0.05, 0.1) is 12.8 Å². The van der Waals surface area contributed by atoms with Gasteiger partial charge in [-0.3, -0.25) is 4.79 Å². The summed E-state index contributed by atoms with van der Waals surface area (Å²) in [6.07, 6.45) is 0. The largest absolute Gasteiger partial charge is 0.492 e. The average Bonchev–Trinajstić information content (AvgIpc) is 2.33. The molecule has 0 bridgehead atoms. The number of rotatable bonds is 2. The van der Waals surface area contributed by atoms with Crippen LogP contribution in [0.4, 0.5) is 10.1 Å². The lowest BCUT2D eigenvalue weighted by Crippen LogP contribution is -2.08. The predicted molar refractivity (Wildman–Crippen MR) is 74.7 cm³/mol. The third kappa shape index (κ3) is 6.23. The maximum atomic E-state index is 13.3. The van der Waals surface area contributed by atoms with E-state index < -0.39 is 5.82 Å². The number of aryl methyl sites for hydroxylation is 1. The number of nitrogens with one attached hydrogen (secondary N) is 1. The second kappa shape index (κ2) is 10.6. The zero-order chi connectivity index (χ0) is 14.7. The number of amides is 1. The standard InChI is InChI=1S/C10H12FNO2.2C2H6/c1-6-4-8(11)10(14-3)9(5-6)12-7(2)13;2*1-2/h4-5H,1-3H3,(H,12,13);2*1-2H3. The number of anilines is 1. The van der Waals surface area contributed by atoms with Crippen LogP contribution >= 0.6 is 0 Å². The normalized spacial score (nSPS) is 8.22. The van der Waals surface area contributed by atoms with Crippen LogP contribution in [0.1, 0.15) is 40.2 Å². The SMILES string of the molecule is CC.CC.COc1c(F)cc(C)cc1NC(C)=O. The Morgan fingerprint density at radius 1 is 1.22 bits per heavy atom. The van der Waals surface area contributed by atoms with Crippen molar-refractivity contribution in [1.29, 1.82) is 0 Å². The Bertz CT molecular complexity index is 365. The summed E-state index contributed by atoms with van der Waals surface area (Å²) < 4.78 is 18.1. The van der Waals surface area contributed by atoms with Crippen molar-refractivity contribution in [3.05, 3.63) is 23.5 Å². The zero-order valence-corrected chi connectivity index (χ0v) is 12.3. The monoisotopic (exact) mass is 257 g/mol. The smallest absolute Gasteiger partial charge is 0.221 e. The van der Waals surface area contributed by atoms with Gasteiger partial charge in [0, 0.05) is 6.92 Å². The Labute approximate surface area is 109 Å². The van der Waals surface area contributed by atoms with E-state index in [0.29, 0.717) is 5.69 Å². The van der Waals surface area contributed by atoms with Gasteiger partial charge in [0.1, 0.15) is 0 Å². The lowest BCUT2D eigenvalue weighted by atomic mass is 10.2. The van der Waals surface area contributed by atoms with E-state index in [-0.39, 0.29) is 11.7 Å². The maximum Gasteiger partial charge on any atom is 0.221 e. The highest BCUT2D eigenvalue weighted by Gasteiger charge is 2.10. The van der Waals surface area contributed by atoms with Gasteiger partial charge in [-0.05, 0) is 24.6 Å². The number of halogens is 1. The van der Waals surface area contributed by atoms with E-state index in [1.54, 1.807) is 13.0 Å². The number of ether oxygens (including phenoxy) is 1. The van der Waals surface area contributed by atoms with Crippen LogP contribution in [0.25, 0.3) is 0 Å². The van der Waals surface area contributed by atoms with Crippen LogP contribution in [-0.2, 0) is 4.79 Å². The van der Waals surface area contributed by atoms with Gasteiger partial charge >= 0.3 is 0 Å². The van der Waals surface area contributed by atoms with Gasteiger partial charge < -0.3 is 10.1 Å². The van der Waals surface area contributed by atoms with Crippen molar-refractivity contribution in [3.63, 3.8) is 0 Å². The van der Waals surface area contributed by atoms with Crippen LogP contribution in [0.2, 0.25) is 0 Å². The molecule has 0 saturated carbocycles. The van der Waals surface area contributed by atoms with Crippen LogP contribution < -0.4 is 10.1 Å². The Morgan fingerprint density at radius 2 is 1.72 bits per heavy atom. The molecule has 0 unspecified atom stereocenters. The molecule has 0 atom stereocenters. The minimum absolute atomic E-state index is 0.0609. The fraction of sp³-hybridized carbons (Fsp3) is 0.500. The van der Waals surface area contributed by atoms with Gasteiger partial charge in [-0.25, -0.2) is 4.39 Å². The summed E-state index contributed by atoms with van der Waals surface area (Å²) >= 11 is 0. The van der Waals surface area contributed by atoms with Crippen molar-refractivity contribution in [1.82, 2.24) is 0 Å². The van der Waals surface area contributed by atoms with Crippen molar-refractivity contribution in [2.24, 2.45) is 0 Å². The maximum absolute atomic E-state index is 13.3. The molecule has 0 aromatic heterocycles. The highest BCUT2D eigenvalue weighted by atomic mass is 19.1. The first-order valence-corrected chi connectivity index (χ1v) is 6.16. The van der Waals surface area contributed by atoms with E-state index in [2.05, 4.69) is 5.32 Å². The molecule has 0 spiro atoms. The number of hydrogen-bond donors (Lipinski definition) is 1. The number of methoxy groups -OCH3 is 1. The van der Waals surface area contributed by atoms with Gasteiger partial charge in [-0.2, -0.15) is 0 Å². The number of hydrogen-bond acceptors (Lipinski definition) is 2. The number of benzene rings is 1. The quantitative estimate of drug-likeness (QED) is 0.864. The third-order valence-electron chi connectivity index (χ3n) is 1.70. The predicted octanol–water partition coefficient (Wildman–Crippen LogP) is 4.15. The Morgan fingerprint density at radius 3 is 2.11 bits per heavy atom. The fourth-order valence-corrected chi connectivity index (χ4v) is 1.22. The third-order valence-corrected chi connectivity index (χ3v) is 1.70. The van der Waals surface area contributed by atoms with Crippen molar-refractivity contribution >= 4 is 11.6 Å². The summed E-state index contributed by atoms with van der Waals surface area (Å²) in [6, 6.07) is 3.01. The molecule has 0 fully saturated rings. The van der Waals surface area contributed by atoms with Gasteiger partial charge in [0.2, 0.25) is 5.91 Å². The Hall–Kier alpha value is -1.58. The molecule has 1 amide bonds. The Balaban J connectivity index is 0. The number of carbonyl (C=O) groups is 1. The first-order chi connectivity index (χ1) is 8.54. The molecular weight excluding hydrogens is 233 g/mol. The molecule has 1 N–H and O–H groups in total. The van der Waals surface area contributed by atoms with Gasteiger partial charge in [0.15, 0.2) is 11.6 Å². The van der Waals surface area contributed by atoms with Crippen LogP contribution in [-0.4, -0.2) is 13.0 Å². The molecular formula is C14H24FNO2. The molecule has 18 heavy (non-hydrogen) atoms. The van der Waals surface area contributed by atoms with E-state index in [1.165, 1.54) is 20.1 Å². The molecule has 0 aliphatic carbocycles. The van der Waals surface area contributed by atoms with Crippen LogP contribution in [0, 0.1) is 12.7 Å². The molecule has 0 radical (unpaired) electrons. The highest BCUT2D eigenvalue weighted by molar-refractivity contribution is 5.90. The average molecular weight is 257 g/mol. The molecule has 104 valence electrons. The summed E-state index contributed by atoms with van der Waals surface area (Å²) in [4.78, 5) is 10.8. The lowest BCUT2D eigenvalue weighted by Gasteiger charge is -2.10. The summed E-state index contributed by atoms with van der Waals surface area (Å²) in [5, 5.41) is 2.50. The molecule has 0 saturated heterocycles. The van der Waals surface area contributed by atoms with Crippen molar-refractivity contribution in [3.8, 4) is 5.75 Å². The summed E-state index contributed by atoms with van der Waals surface area (Å²) in [6.45, 7) is 11.1. The van der Waals surface area contributed by atoms with E-state index in [4.69, 9.17) is 4.74 Å². The minimum Gasteiger partial charge on any atom is -0.492 e. The topological polar surface area (TPSA) is 38.3 Å². The van der Waals surface area contributed by atoms with Crippen LogP contribution in [0.5, 0.6) is 5.75 Å². The van der Waals surface area contributed by atoms with Crippen molar-refractivity contribution < 1.29 is 13.9 Å². The van der Waals surface area contributed by atoms with Gasteiger partial charge in [0.25, 0.3) is 0 Å². The summed E-state index contributed by atoms with van der Waals surface area (Å²) in [5.74, 6) is -0.671. The molecule has 0 aliphatic heterocycles. The lowest BCUT2D eigenvalue weighted by molar-refractivity contribution is -0.114. The first kappa shape index (κ1) is 18.8. The van der Waals surface area contributed by atoms with E-state index in [0.717, 1.165) is 5.56 Å². The van der Waals surface area contributed by atoms with Crippen LogP contribution in [0.3, 0.4) is 0 Å². The second-order valence-electron chi connectivity index (χ2n) is 3.01. The minimum atomic E-state index is -0.476. The number of carbonyl (C=O) groups excluding carboxylic acids is 1. The van der Waals surface area contributed by atoms with Crippen molar-refractivity contribution in [2.75, 3.05) is 12.4 Å². The molecule has 3 nitrogen and oxygen atoms in total. The molecule has 0 aliphatic rings. The zero-order valence-electron chi connectivity index (χ0n) is 12.3. The van der Waals surface area contributed by atoms with Crippen LogP contribution in [0.15, 0.2) is 12.1 Å². The second-order valence-corrected chi connectivity index (χ2v) is 3.01. The van der Waals surface area contributed by atoms with Crippen molar-refractivity contribution in [2.45, 2.75) is 41.5 Å².